The lowest BCUT2D eigenvalue weighted by Gasteiger charge is -2.10. The number of carbonyl (C=O) groups excluding carboxylic acids is 2. The third-order valence-electron chi connectivity index (χ3n) is 2.33. The molecule has 0 amide bonds. The molecule has 0 atom stereocenters. The second kappa shape index (κ2) is 6.82. The zero-order valence-electron chi connectivity index (χ0n) is 10.6. The molecule has 0 radical (unpaired) electrons. The molecule has 0 unspecified atom stereocenters. The van der Waals surface area contributed by atoms with Crippen molar-refractivity contribution >= 4 is 11.8 Å². The van der Waals surface area contributed by atoms with Crippen molar-refractivity contribution in [3.8, 4) is 5.75 Å². The fourth-order valence-electron chi connectivity index (χ4n) is 1.51. The maximum absolute atomic E-state index is 12.1. The van der Waals surface area contributed by atoms with Gasteiger partial charge in [0.25, 0.3) is 0 Å². The van der Waals surface area contributed by atoms with Crippen LogP contribution in [-0.4, -0.2) is 25.0 Å². The van der Waals surface area contributed by atoms with Crippen molar-refractivity contribution < 1.29 is 27.8 Å². The molecule has 6 heteroatoms. The van der Waals surface area contributed by atoms with Crippen LogP contribution in [0.25, 0.3) is 0 Å². The van der Waals surface area contributed by atoms with Gasteiger partial charge in [-0.3, -0.25) is 4.79 Å². The fraction of sp³-hybridized carbons (Fsp3) is 0.385. The molecule has 4 nitrogen and oxygen atoms in total. The molecule has 19 heavy (non-hydrogen) atoms. The van der Waals surface area contributed by atoms with E-state index in [9.17, 15) is 18.4 Å². The number of alkyl halides is 2. The molecular weight excluding hydrogens is 258 g/mol. The van der Waals surface area contributed by atoms with Gasteiger partial charge < -0.3 is 9.47 Å². The second-order valence-corrected chi connectivity index (χ2v) is 3.58. The third-order valence-corrected chi connectivity index (χ3v) is 2.33. The molecule has 0 heterocycles. The van der Waals surface area contributed by atoms with Gasteiger partial charge in [0.15, 0.2) is 5.78 Å². The molecular formula is C13H14F2O4. The molecule has 0 saturated heterocycles. The standard InChI is InChI=1S/C13H14F2O4/c1-3-11(16)10-7-8(19-13(14)15)5-6-9(10)12(17)18-4-2/h5-7,13H,3-4H2,1-2H3. The highest BCUT2D eigenvalue weighted by Crippen LogP contribution is 2.22. The van der Waals surface area contributed by atoms with E-state index in [4.69, 9.17) is 4.74 Å². The number of ketones is 1. The average molecular weight is 272 g/mol. The molecule has 1 aromatic carbocycles. The summed E-state index contributed by atoms with van der Waals surface area (Å²) in [4.78, 5) is 23.4. The van der Waals surface area contributed by atoms with Crippen molar-refractivity contribution in [2.75, 3.05) is 6.61 Å². The Bertz CT molecular complexity index is 472. The molecule has 0 spiro atoms. The Kier molecular flexibility index (Phi) is 5.41. The molecule has 1 rings (SSSR count). The zero-order chi connectivity index (χ0) is 14.4. The number of hydrogen-bond acceptors (Lipinski definition) is 4. The smallest absolute Gasteiger partial charge is 0.387 e. The minimum Gasteiger partial charge on any atom is -0.462 e. The largest absolute Gasteiger partial charge is 0.462 e. The lowest BCUT2D eigenvalue weighted by atomic mass is 10.0. The first-order valence-corrected chi connectivity index (χ1v) is 5.78. The molecule has 0 aliphatic rings. The van der Waals surface area contributed by atoms with E-state index < -0.39 is 12.6 Å². The minimum absolute atomic E-state index is 0.0269. The Morgan fingerprint density at radius 2 is 1.89 bits per heavy atom. The number of halogens is 2. The predicted molar refractivity (Wildman–Crippen MR) is 63.7 cm³/mol. The van der Waals surface area contributed by atoms with E-state index in [1.807, 2.05) is 0 Å². The summed E-state index contributed by atoms with van der Waals surface area (Å²) in [6.07, 6.45) is 0.143. The molecule has 0 N–H and O–H groups in total. The van der Waals surface area contributed by atoms with Crippen LogP contribution >= 0.6 is 0 Å². The summed E-state index contributed by atoms with van der Waals surface area (Å²) in [7, 11) is 0. The number of rotatable bonds is 6. The first kappa shape index (κ1) is 15.1. The summed E-state index contributed by atoms with van der Waals surface area (Å²) in [6, 6.07) is 3.58. The van der Waals surface area contributed by atoms with E-state index >= 15 is 0 Å². The van der Waals surface area contributed by atoms with Crippen molar-refractivity contribution in [3.63, 3.8) is 0 Å². The maximum atomic E-state index is 12.1. The second-order valence-electron chi connectivity index (χ2n) is 3.58. The van der Waals surface area contributed by atoms with Gasteiger partial charge in [0.2, 0.25) is 0 Å². The molecule has 0 aromatic heterocycles. The van der Waals surface area contributed by atoms with Crippen molar-refractivity contribution in [2.24, 2.45) is 0 Å². The number of benzene rings is 1. The highest BCUT2D eigenvalue weighted by atomic mass is 19.3. The highest BCUT2D eigenvalue weighted by Gasteiger charge is 2.18. The van der Waals surface area contributed by atoms with Crippen LogP contribution in [0.2, 0.25) is 0 Å². The van der Waals surface area contributed by atoms with Gasteiger partial charge in [-0.1, -0.05) is 6.92 Å². The van der Waals surface area contributed by atoms with Gasteiger partial charge in [0.1, 0.15) is 5.75 Å². The Morgan fingerprint density at radius 3 is 2.42 bits per heavy atom. The van der Waals surface area contributed by atoms with Gasteiger partial charge in [-0.05, 0) is 25.1 Å². The third kappa shape index (κ3) is 4.01. The minimum atomic E-state index is -2.99. The van der Waals surface area contributed by atoms with E-state index in [0.29, 0.717) is 0 Å². The van der Waals surface area contributed by atoms with Crippen LogP contribution in [0.3, 0.4) is 0 Å². The molecule has 0 fully saturated rings. The summed E-state index contributed by atoms with van der Waals surface area (Å²) < 4.78 is 33.2. The van der Waals surface area contributed by atoms with Gasteiger partial charge in [0, 0.05) is 12.0 Å². The molecule has 0 saturated carbocycles. The lowest BCUT2D eigenvalue weighted by molar-refractivity contribution is -0.0498. The molecule has 0 aliphatic heterocycles. The van der Waals surface area contributed by atoms with Crippen LogP contribution in [0.5, 0.6) is 5.75 Å². The SMILES string of the molecule is CCOC(=O)c1ccc(OC(F)F)cc1C(=O)CC. The number of ether oxygens (including phenoxy) is 2. The van der Waals surface area contributed by atoms with Crippen LogP contribution in [-0.2, 0) is 4.74 Å². The fourth-order valence-corrected chi connectivity index (χ4v) is 1.51. The molecule has 104 valence electrons. The quantitative estimate of drug-likeness (QED) is 0.590. The van der Waals surface area contributed by atoms with Crippen molar-refractivity contribution in [1.82, 2.24) is 0 Å². The monoisotopic (exact) mass is 272 g/mol. The van der Waals surface area contributed by atoms with Gasteiger partial charge in [-0.2, -0.15) is 8.78 Å². The average Bonchev–Trinajstić information content (AvgIpc) is 2.37. The highest BCUT2D eigenvalue weighted by molar-refractivity contribution is 6.06. The molecule has 1 aromatic rings. The predicted octanol–water partition coefficient (Wildman–Crippen LogP) is 3.06. The zero-order valence-corrected chi connectivity index (χ0v) is 10.6. The Balaban J connectivity index is 3.16. The number of hydrogen-bond donors (Lipinski definition) is 0. The Labute approximate surface area is 109 Å². The van der Waals surface area contributed by atoms with E-state index in [0.717, 1.165) is 6.07 Å². The van der Waals surface area contributed by atoms with E-state index in [1.165, 1.54) is 12.1 Å². The maximum Gasteiger partial charge on any atom is 0.387 e. The molecule has 0 aliphatic carbocycles. The number of carbonyl (C=O) groups is 2. The van der Waals surface area contributed by atoms with Crippen molar-refractivity contribution in [3.05, 3.63) is 29.3 Å². The van der Waals surface area contributed by atoms with Gasteiger partial charge >= 0.3 is 12.6 Å². The van der Waals surface area contributed by atoms with E-state index in [-0.39, 0.29) is 35.7 Å². The van der Waals surface area contributed by atoms with E-state index in [2.05, 4.69) is 4.74 Å². The van der Waals surface area contributed by atoms with Gasteiger partial charge in [0.05, 0.1) is 12.2 Å². The summed E-state index contributed by atoms with van der Waals surface area (Å²) in [5.41, 5.74) is 0.0782. The van der Waals surface area contributed by atoms with Crippen LogP contribution < -0.4 is 4.74 Å². The first-order chi connectivity index (χ1) is 8.99. The van der Waals surface area contributed by atoms with Crippen molar-refractivity contribution in [1.29, 1.82) is 0 Å². The summed E-state index contributed by atoms with van der Waals surface area (Å²) >= 11 is 0. The van der Waals surface area contributed by atoms with Crippen LogP contribution in [0.15, 0.2) is 18.2 Å². The summed E-state index contributed by atoms with van der Waals surface area (Å²) in [5, 5.41) is 0. The van der Waals surface area contributed by atoms with Crippen LogP contribution in [0.1, 0.15) is 41.0 Å². The number of esters is 1. The summed E-state index contributed by atoms with van der Waals surface area (Å²) in [5.74, 6) is -1.18. The normalized spacial score (nSPS) is 10.4. The van der Waals surface area contributed by atoms with Gasteiger partial charge in [-0.15, -0.1) is 0 Å². The van der Waals surface area contributed by atoms with E-state index in [1.54, 1.807) is 13.8 Å². The molecule has 0 bridgehead atoms. The first-order valence-electron chi connectivity index (χ1n) is 5.78. The van der Waals surface area contributed by atoms with Crippen LogP contribution in [0.4, 0.5) is 8.78 Å². The van der Waals surface area contributed by atoms with Crippen molar-refractivity contribution in [2.45, 2.75) is 26.9 Å². The topological polar surface area (TPSA) is 52.6 Å². The van der Waals surface area contributed by atoms with Crippen LogP contribution in [0, 0.1) is 0 Å². The Morgan fingerprint density at radius 1 is 1.21 bits per heavy atom. The Hall–Kier alpha value is -1.98. The number of Topliss-reactive ketones (excluding diaryl/α,β-unsaturated/α-hetero) is 1. The summed E-state index contributed by atoms with van der Waals surface area (Å²) in [6.45, 7) is 0.414. The lowest BCUT2D eigenvalue weighted by Crippen LogP contribution is -2.12. The van der Waals surface area contributed by atoms with Gasteiger partial charge in [-0.25, -0.2) is 4.79 Å².